The van der Waals surface area contributed by atoms with Crippen LogP contribution in [0.3, 0.4) is 0 Å². The normalized spacial score (nSPS) is 15.3. The highest BCUT2D eigenvalue weighted by Crippen LogP contribution is 2.29. The standard InChI is InChI=1S/C24H31Cl2N3O4S/c1-24(2,3)33-23(30)28-14-12-27(13-15-28)16-18-8-10-20(11-9-18)29(34(4,31)32)17-19-6-5-7-21(25)22(19)26/h5-11H,12-17H2,1-4H3. The monoisotopic (exact) mass is 527 g/mol. The number of amides is 1. The van der Waals surface area contributed by atoms with Gasteiger partial charge in [-0.2, -0.15) is 0 Å². The molecule has 0 N–H and O–H groups in total. The zero-order chi connectivity index (χ0) is 25.1. The molecule has 3 rings (SSSR count). The number of anilines is 1. The number of sulfonamides is 1. The maximum atomic E-state index is 12.5. The van der Waals surface area contributed by atoms with E-state index in [9.17, 15) is 13.2 Å². The van der Waals surface area contributed by atoms with Crippen LogP contribution in [0.15, 0.2) is 42.5 Å². The molecule has 0 saturated carbocycles. The van der Waals surface area contributed by atoms with Crippen LogP contribution in [0, 0.1) is 0 Å². The summed E-state index contributed by atoms with van der Waals surface area (Å²) in [7, 11) is -3.54. The van der Waals surface area contributed by atoms with Crippen molar-refractivity contribution in [2.24, 2.45) is 0 Å². The van der Waals surface area contributed by atoms with Gasteiger partial charge in [-0.1, -0.05) is 47.5 Å². The Morgan fingerprint density at radius 1 is 1.03 bits per heavy atom. The summed E-state index contributed by atoms with van der Waals surface area (Å²) in [5.74, 6) is 0. The smallest absolute Gasteiger partial charge is 0.410 e. The van der Waals surface area contributed by atoms with Crippen LogP contribution >= 0.6 is 23.2 Å². The summed E-state index contributed by atoms with van der Waals surface area (Å²) in [5.41, 5.74) is 1.74. The van der Waals surface area contributed by atoms with E-state index in [0.29, 0.717) is 40.9 Å². The fourth-order valence-electron chi connectivity index (χ4n) is 3.67. The summed E-state index contributed by atoms with van der Waals surface area (Å²) < 4.78 is 31.8. The van der Waals surface area contributed by atoms with Gasteiger partial charge in [-0.3, -0.25) is 9.21 Å². The third-order valence-electron chi connectivity index (χ3n) is 5.40. The third-order valence-corrected chi connectivity index (χ3v) is 7.40. The number of ether oxygens (including phenoxy) is 1. The number of hydrogen-bond acceptors (Lipinski definition) is 5. The zero-order valence-corrected chi connectivity index (χ0v) is 22.3. The van der Waals surface area contributed by atoms with Crippen LogP contribution < -0.4 is 4.31 Å². The summed E-state index contributed by atoms with van der Waals surface area (Å²) in [5, 5.41) is 0.731. The molecule has 7 nitrogen and oxygen atoms in total. The molecule has 0 atom stereocenters. The predicted octanol–water partition coefficient (Wildman–Crippen LogP) is 5.01. The Kier molecular flexibility index (Phi) is 8.39. The van der Waals surface area contributed by atoms with Crippen LogP contribution in [0.4, 0.5) is 10.5 Å². The second-order valence-electron chi connectivity index (χ2n) is 9.39. The Bertz CT molecular complexity index is 1110. The molecule has 1 fully saturated rings. The largest absolute Gasteiger partial charge is 0.444 e. The molecule has 0 unspecified atom stereocenters. The van der Waals surface area contributed by atoms with Gasteiger partial charge in [0.25, 0.3) is 0 Å². The molecule has 0 bridgehead atoms. The van der Waals surface area contributed by atoms with Gasteiger partial charge in [0.15, 0.2) is 0 Å². The molecule has 1 aliphatic rings. The van der Waals surface area contributed by atoms with Crippen molar-refractivity contribution in [3.05, 3.63) is 63.6 Å². The number of halogens is 2. The molecule has 2 aromatic carbocycles. The highest BCUT2D eigenvalue weighted by Gasteiger charge is 2.26. The maximum absolute atomic E-state index is 12.5. The number of carbonyl (C=O) groups is 1. The second-order valence-corrected chi connectivity index (χ2v) is 12.1. The molecule has 1 aliphatic heterocycles. The van der Waals surface area contributed by atoms with Gasteiger partial charge in [-0.15, -0.1) is 0 Å². The van der Waals surface area contributed by atoms with Gasteiger partial charge >= 0.3 is 6.09 Å². The first-order chi connectivity index (χ1) is 15.8. The molecular formula is C24H31Cl2N3O4S. The van der Waals surface area contributed by atoms with E-state index in [1.54, 1.807) is 35.2 Å². The van der Waals surface area contributed by atoms with E-state index in [1.165, 1.54) is 10.6 Å². The number of hydrogen-bond donors (Lipinski definition) is 0. The number of carbonyl (C=O) groups excluding carboxylic acids is 1. The molecule has 2 aromatic rings. The van der Waals surface area contributed by atoms with Crippen molar-refractivity contribution in [2.45, 2.75) is 39.5 Å². The van der Waals surface area contributed by atoms with Crippen molar-refractivity contribution >= 4 is 45.0 Å². The maximum Gasteiger partial charge on any atom is 0.410 e. The van der Waals surface area contributed by atoms with E-state index in [1.807, 2.05) is 32.9 Å². The van der Waals surface area contributed by atoms with E-state index < -0.39 is 15.6 Å². The van der Waals surface area contributed by atoms with Gasteiger partial charge < -0.3 is 9.64 Å². The quantitative estimate of drug-likeness (QED) is 0.527. The highest BCUT2D eigenvalue weighted by atomic mass is 35.5. The van der Waals surface area contributed by atoms with Gasteiger partial charge in [0.2, 0.25) is 10.0 Å². The molecule has 1 saturated heterocycles. The molecule has 34 heavy (non-hydrogen) atoms. The Balaban J connectivity index is 1.63. The van der Waals surface area contributed by atoms with Crippen molar-refractivity contribution in [1.29, 1.82) is 0 Å². The summed E-state index contributed by atoms with van der Waals surface area (Å²) in [6, 6.07) is 12.6. The lowest BCUT2D eigenvalue weighted by Crippen LogP contribution is -2.49. The Hall–Kier alpha value is -2.00. The summed E-state index contributed by atoms with van der Waals surface area (Å²) in [6.45, 7) is 9.07. The van der Waals surface area contributed by atoms with Gasteiger partial charge in [0.1, 0.15) is 5.60 Å². The van der Waals surface area contributed by atoms with Crippen LogP contribution in [0.1, 0.15) is 31.9 Å². The minimum atomic E-state index is -3.54. The van der Waals surface area contributed by atoms with Crippen molar-refractivity contribution in [1.82, 2.24) is 9.80 Å². The van der Waals surface area contributed by atoms with E-state index in [-0.39, 0.29) is 12.6 Å². The Morgan fingerprint density at radius 3 is 2.21 bits per heavy atom. The molecule has 0 aromatic heterocycles. The molecule has 0 radical (unpaired) electrons. The fraction of sp³-hybridized carbons (Fsp3) is 0.458. The lowest BCUT2D eigenvalue weighted by molar-refractivity contribution is 0.0139. The van der Waals surface area contributed by atoms with Crippen molar-refractivity contribution in [3.63, 3.8) is 0 Å². The molecule has 1 heterocycles. The Morgan fingerprint density at radius 2 is 1.65 bits per heavy atom. The summed E-state index contributed by atoms with van der Waals surface area (Å²) in [4.78, 5) is 16.2. The van der Waals surface area contributed by atoms with Crippen molar-refractivity contribution < 1.29 is 17.9 Å². The summed E-state index contributed by atoms with van der Waals surface area (Å²) >= 11 is 12.4. The lowest BCUT2D eigenvalue weighted by atomic mass is 10.1. The second kappa shape index (κ2) is 10.7. The van der Waals surface area contributed by atoms with Gasteiger partial charge in [0, 0.05) is 32.7 Å². The molecule has 1 amide bonds. The van der Waals surface area contributed by atoms with Crippen molar-refractivity contribution in [3.8, 4) is 0 Å². The number of piperazine rings is 1. The first-order valence-electron chi connectivity index (χ1n) is 11.0. The van der Waals surface area contributed by atoms with E-state index in [4.69, 9.17) is 27.9 Å². The van der Waals surface area contributed by atoms with Gasteiger partial charge in [-0.25, -0.2) is 13.2 Å². The van der Waals surface area contributed by atoms with E-state index in [0.717, 1.165) is 18.7 Å². The van der Waals surface area contributed by atoms with E-state index in [2.05, 4.69) is 4.90 Å². The average molecular weight is 529 g/mol. The number of nitrogens with zero attached hydrogens (tertiary/aromatic N) is 3. The first kappa shape index (κ1) is 26.6. The number of rotatable bonds is 6. The minimum Gasteiger partial charge on any atom is -0.444 e. The molecular weight excluding hydrogens is 497 g/mol. The Labute approximate surface area is 212 Å². The third kappa shape index (κ3) is 7.25. The average Bonchev–Trinajstić information content (AvgIpc) is 2.74. The predicted molar refractivity (Wildman–Crippen MR) is 137 cm³/mol. The molecule has 186 valence electrons. The van der Waals surface area contributed by atoms with E-state index >= 15 is 0 Å². The van der Waals surface area contributed by atoms with Crippen LogP contribution in [-0.2, 0) is 27.8 Å². The molecule has 10 heteroatoms. The summed E-state index contributed by atoms with van der Waals surface area (Å²) in [6.07, 6.45) is 0.890. The zero-order valence-electron chi connectivity index (χ0n) is 19.9. The van der Waals surface area contributed by atoms with Crippen LogP contribution in [0.25, 0.3) is 0 Å². The highest BCUT2D eigenvalue weighted by molar-refractivity contribution is 7.92. The van der Waals surface area contributed by atoms with Crippen molar-refractivity contribution in [2.75, 3.05) is 36.7 Å². The topological polar surface area (TPSA) is 70.2 Å². The SMILES string of the molecule is CC(C)(C)OC(=O)N1CCN(Cc2ccc(N(Cc3cccc(Cl)c3Cl)S(C)(=O)=O)cc2)CC1. The molecule has 0 aliphatic carbocycles. The first-order valence-corrected chi connectivity index (χ1v) is 13.6. The van der Waals surface area contributed by atoms with Gasteiger partial charge in [0.05, 0.1) is 28.5 Å². The van der Waals surface area contributed by atoms with Crippen LogP contribution in [-0.4, -0.2) is 62.3 Å². The van der Waals surface area contributed by atoms with Crippen LogP contribution in [0.2, 0.25) is 10.0 Å². The lowest BCUT2D eigenvalue weighted by Gasteiger charge is -2.35. The number of benzene rings is 2. The minimum absolute atomic E-state index is 0.0875. The molecule has 0 spiro atoms. The van der Waals surface area contributed by atoms with Gasteiger partial charge in [-0.05, 0) is 50.1 Å². The fourth-order valence-corrected chi connectivity index (χ4v) is 4.92. The van der Waals surface area contributed by atoms with Crippen LogP contribution in [0.5, 0.6) is 0 Å².